The van der Waals surface area contributed by atoms with Crippen molar-refractivity contribution in [2.75, 3.05) is 20.3 Å². The van der Waals surface area contributed by atoms with Gasteiger partial charge in [0.25, 0.3) is 15.0 Å². The molecule has 0 radical (unpaired) electrons. The molecule has 0 N–H and O–H groups in total. The quantitative estimate of drug-likeness (QED) is 0.693. The summed E-state index contributed by atoms with van der Waals surface area (Å²) in [4.78, 5) is 14.3. The first kappa shape index (κ1) is 16.7. The second kappa shape index (κ2) is 6.64. The number of methoxy groups -OCH3 is 1. The van der Waals surface area contributed by atoms with Gasteiger partial charge in [-0.25, -0.2) is 8.42 Å². The van der Waals surface area contributed by atoms with E-state index in [4.69, 9.17) is 15.4 Å². The van der Waals surface area contributed by atoms with E-state index in [2.05, 4.69) is 15.9 Å². The van der Waals surface area contributed by atoms with Gasteiger partial charge in [0.2, 0.25) is 0 Å². The Balaban J connectivity index is 2.32. The van der Waals surface area contributed by atoms with E-state index < -0.39 is 9.05 Å². The molecular formula is C13H15BrClNO4S. The van der Waals surface area contributed by atoms with Crippen molar-refractivity contribution in [3.05, 3.63) is 28.2 Å². The fourth-order valence-corrected chi connectivity index (χ4v) is 3.19. The smallest absolute Gasteiger partial charge is 0.261 e. The van der Waals surface area contributed by atoms with E-state index >= 15 is 0 Å². The Morgan fingerprint density at radius 2 is 2.14 bits per heavy atom. The molecule has 1 aromatic rings. The first-order valence-corrected chi connectivity index (χ1v) is 9.49. The predicted octanol–water partition coefficient (Wildman–Crippen LogP) is 2.63. The van der Waals surface area contributed by atoms with Gasteiger partial charge in [0.15, 0.2) is 0 Å². The van der Waals surface area contributed by atoms with Crippen LogP contribution in [0.25, 0.3) is 0 Å². The highest BCUT2D eigenvalue weighted by Crippen LogP contribution is 2.31. The van der Waals surface area contributed by atoms with Crippen molar-refractivity contribution in [2.45, 2.75) is 23.8 Å². The van der Waals surface area contributed by atoms with Crippen molar-refractivity contribution >= 4 is 41.6 Å². The van der Waals surface area contributed by atoms with Crippen molar-refractivity contribution in [3.8, 4) is 0 Å². The van der Waals surface area contributed by atoms with Gasteiger partial charge in [-0.1, -0.05) is 0 Å². The van der Waals surface area contributed by atoms with E-state index in [1.54, 1.807) is 12.0 Å². The third-order valence-corrected chi connectivity index (χ3v) is 5.28. The number of amides is 1. The molecule has 0 spiro atoms. The summed E-state index contributed by atoms with van der Waals surface area (Å²) in [6.07, 6.45) is 1.92. The molecule has 1 aliphatic carbocycles. The molecule has 1 fully saturated rings. The molecule has 8 heteroatoms. The highest BCUT2D eigenvalue weighted by molar-refractivity contribution is 9.10. The minimum atomic E-state index is -3.87. The zero-order valence-electron chi connectivity index (χ0n) is 11.4. The third kappa shape index (κ3) is 4.18. The van der Waals surface area contributed by atoms with Gasteiger partial charge in [-0.15, -0.1) is 0 Å². The lowest BCUT2D eigenvalue weighted by Crippen LogP contribution is -2.36. The Kier molecular flexibility index (Phi) is 5.29. The minimum absolute atomic E-state index is 0.0850. The van der Waals surface area contributed by atoms with Gasteiger partial charge in [-0.05, 0) is 47.0 Å². The summed E-state index contributed by atoms with van der Waals surface area (Å²) in [6, 6.07) is 4.39. The zero-order chi connectivity index (χ0) is 15.6. The molecule has 0 aliphatic heterocycles. The number of halogens is 2. The summed E-state index contributed by atoms with van der Waals surface area (Å²) >= 11 is 3.29. The zero-order valence-corrected chi connectivity index (χ0v) is 14.5. The van der Waals surface area contributed by atoms with E-state index in [0.29, 0.717) is 23.2 Å². The van der Waals surface area contributed by atoms with Gasteiger partial charge >= 0.3 is 0 Å². The molecule has 0 saturated heterocycles. The Morgan fingerprint density at radius 1 is 1.48 bits per heavy atom. The summed E-state index contributed by atoms with van der Waals surface area (Å²) in [6.45, 7) is 0.914. The van der Waals surface area contributed by atoms with Gasteiger partial charge in [0, 0.05) is 34.9 Å². The second-order valence-electron chi connectivity index (χ2n) is 4.80. The highest BCUT2D eigenvalue weighted by Gasteiger charge is 2.33. The first-order valence-electron chi connectivity index (χ1n) is 6.38. The fraction of sp³-hybridized carbons (Fsp3) is 0.462. The van der Waals surface area contributed by atoms with Crippen LogP contribution in [-0.2, 0) is 13.8 Å². The standard InChI is InChI=1S/C13H15BrClNO4S/c1-20-7-6-16(9-2-3-9)13(17)11-8-10(21(15,18)19)4-5-12(11)14/h4-5,8-9H,2-3,6-7H2,1H3. The van der Waals surface area contributed by atoms with Gasteiger partial charge in [0.05, 0.1) is 17.1 Å². The van der Waals surface area contributed by atoms with Crippen LogP contribution in [0, 0.1) is 0 Å². The molecule has 0 aromatic heterocycles. The van der Waals surface area contributed by atoms with Crippen LogP contribution < -0.4 is 0 Å². The number of carbonyl (C=O) groups is 1. The molecule has 1 saturated carbocycles. The van der Waals surface area contributed by atoms with Crippen LogP contribution in [-0.4, -0.2) is 45.5 Å². The van der Waals surface area contributed by atoms with E-state index in [1.165, 1.54) is 18.2 Å². The van der Waals surface area contributed by atoms with Crippen molar-refractivity contribution in [2.24, 2.45) is 0 Å². The lowest BCUT2D eigenvalue weighted by atomic mass is 10.2. The van der Waals surface area contributed by atoms with E-state index in [9.17, 15) is 13.2 Å². The van der Waals surface area contributed by atoms with E-state index in [0.717, 1.165) is 12.8 Å². The summed E-state index contributed by atoms with van der Waals surface area (Å²) < 4.78 is 28.4. The Morgan fingerprint density at radius 3 is 2.67 bits per heavy atom. The van der Waals surface area contributed by atoms with E-state index in [-0.39, 0.29) is 16.8 Å². The highest BCUT2D eigenvalue weighted by atomic mass is 79.9. The second-order valence-corrected chi connectivity index (χ2v) is 8.22. The molecule has 2 rings (SSSR count). The summed E-state index contributed by atoms with van der Waals surface area (Å²) in [7, 11) is 3.05. The molecular weight excluding hydrogens is 382 g/mol. The average molecular weight is 397 g/mol. The number of nitrogens with zero attached hydrogens (tertiary/aromatic N) is 1. The van der Waals surface area contributed by atoms with Gasteiger partial charge < -0.3 is 9.64 Å². The van der Waals surface area contributed by atoms with Crippen LogP contribution in [0.3, 0.4) is 0 Å². The molecule has 0 atom stereocenters. The lowest BCUT2D eigenvalue weighted by molar-refractivity contribution is 0.0679. The SMILES string of the molecule is COCCN(C(=O)c1cc(S(=O)(=O)Cl)ccc1Br)C1CC1. The third-order valence-electron chi connectivity index (χ3n) is 3.23. The largest absolute Gasteiger partial charge is 0.383 e. The van der Waals surface area contributed by atoms with E-state index in [1.807, 2.05) is 0 Å². The van der Waals surface area contributed by atoms with Gasteiger partial charge in [0.1, 0.15) is 0 Å². The Hall–Kier alpha value is -0.630. The van der Waals surface area contributed by atoms with Crippen LogP contribution in [0.4, 0.5) is 0 Å². The van der Waals surface area contributed by atoms with Crippen molar-refractivity contribution < 1.29 is 17.9 Å². The minimum Gasteiger partial charge on any atom is -0.383 e. The van der Waals surface area contributed by atoms with Crippen LogP contribution in [0.5, 0.6) is 0 Å². The number of hydrogen-bond donors (Lipinski definition) is 0. The van der Waals surface area contributed by atoms with Crippen molar-refractivity contribution in [1.29, 1.82) is 0 Å². The van der Waals surface area contributed by atoms with Crippen molar-refractivity contribution in [3.63, 3.8) is 0 Å². The predicted molar refractivity (Wildman–Crippen MR) is 83.1 cm³/mol. The molecule has 0 heterocycles. The molecule has 1 aliphatic rings. The maximum atomic E-state index is 12.6. The monoisotopic (exact) mass is 395 g/mol. The Labute approximate surface area is 136 Å². The summed E-state index contributed by atoms with van der Waals surface area (Å²) in [5.74, 6) is -0.219. The van der Waals surface area contributed by atoms with Gasteiger partial charge in [-0.2, -0.15) is 0 Å². The number of hydrogen-bond acceptors (Lipinski definition) is 4. The topological polar surface area (TPSA) is 63.7 Å². The normalized spacial score (nSPS) is 15.0. The number of carbonyl (C=O) groups excluding carboxylic acids is 1. The molecule has 0 unspecified atom stereocenters. The van der Waals surface area contributed by atoms with Crippen LogP contribution in [0.1, 0.15) is 23.2 Å². The van der Waals surface area contributed by atoms with Gasteiger partial charge in [-0.3, -0.25) is 4.79 Å². The van der Waals surface area contributed by atoms with Crippen LogP contribution in [0.15, 0.2) is 27.6 Å². The molecule has 5 nitrogen and oxygen atoms in total. The maximum Gasteiger partial charge on any atom is 0.261 e. The average Bonchev–Trinajstić information content (AvgIpc) is 3.22. The number of ether oxygens (including phenoxy) is 1. The molecule has 21 heavy (non-hydrogen) atoms. The van der Waals surface area contributed by atoms with Crippen LogP contribution in [0.2, 0.25) is 0 Å². The Bertz CT molecular complexity index is 646. The molecule has 0 bridgehead atoms. The fourth-order valence-electron chi connectivity index (χ4n) is 2.00. The lowest BCUT2D eigenvalue weighted by Gasteiger charge is -2.22. The van der Waals surface area contributed by atoms with Crippen molar-refractivity contribution in [1.82, 2.24) is 4.90 Å². The number of benzene rings is 1. The molecule has 1 aromatic carbocycles. The van der Waals surface area contributed by atoms with Crippen LogP contribution >= 0.6 is 26.6 Å². The summed E-state index contributed by atoms with van der Waals surface area (Å²) in [5.41, 5.74) is 0.291. The summed E-state index contributed by atoms with van der Waals surface area (Å²) in [5, 5.41) is 0. The maximum absolute atomic E-state index is 12.6. The number of rotatable bonds is 6. The molecule has 116 valence electrons. The molecule has 1 amide bonds. The first-order chi connectivity index (χ1) is 9.84.